The highest BCUT2D eigenvalue weighted by atomic mass is 16.3. The Hall–Kier alpha value is -1.35. The molecule has 1 aromatic rings. The summed E-state index contributed by atoms with van der Waals surface area (Å²) in [6.45, 7) is 2.77. The SMILES string of the molecule is CCCCCC[C@@H](O)CCCC(=O)NCc1ccccc1. The lowest BCUT2D eigenvalue weighted by atomic mass is 10.0. The maximum atomic E-state index is 11.7. The highest BCUT2D eigenvalue weighted by Gasteiger charge is 2.06. The van der Waals surface area contributed by atoms with E-state index in [1.54, 1.807) is 0 Å². The molecule has 0 bridgehead atoms. The number of carbonyl (C=O) groups is 1. The van der Waals surface area contributed by atoms with Crippen LogP contribution in [-0.4, -0.2) is 17.1 Å². The zero-order chi connectivity index (χ0) is 15.3. The van der Waals surface area contributed by atoms with Crippen LogP contribution in [0.1, 0.15) is 63.9 Å². The summed E-state index contributed by atoms with van der Waals surface area (Å²) in [5.74, 6) is 0.0667. The summed E-state index contributed by atoms with van der Waals surface area (Å²) >= 11 is 0. The molecule has 3 heteroatoms. The van der Waals surface area contributed by atoms with Crippen molar-refractivity contribution in [2.24, 2.45) is 0 Å². The van der Waals surface area contributed by atoms with Crippen molar-refractivity contribution in [1.82, 2.24) is 5.32 Å². The molecular formula is C18H29NO2. The summed E-state index contributed by atoms with van der Waals surface area (Å²) in [7, 11) is 0. The van der Waals surface area contributed by atoms with Crippen LogP contribution in [-0.2, 0) is 11.3 Å². The van der Waals surface area contributed by atoms with E-state index in [9.17, 15) is 9.90 Å². The van der Waals surface area contributed by atoms with Gasteiger partial charge in [0.2, 0.25) is 5.91 Å². The van der Waals surface area contributed by atoms with Gasteiger partial charge in [-0.15, -0.1) is 0 Å². The van der Waals surface area contributed by atoms with Gasteiger partial charge in [0.1, 0.15) is 0 Å². The molecule has 1 rings (SSSR count). The van der Waals surface area contributed by atoms with Crippen molar-refractivity contribution in [3.05, 3.63) is 35.9 Å². The first-order valence-electron chi connectivity index (χ1n) is 8.21. The van der Waals surface area contributed by atoms with Crippen molar-refractivity contribution in [3.8, 4) is 0 Å². The van der Waals surface area contributed by atoms with Crippen LogP contribution >= 0.6 is 0 Å². The molecule has 0 aromatic heterocycles. The number of aliphatic hydroxyl groups excluding tert-OH is 1. The molecule has 118 valence electrons. The molecule has 0 saturated heterocycles. The molecule has 0 saturated carbocycles. The Balaban J connectivity index is 2.02. The summed E-state index contributed by atoms with van der Waals surface area (Å²) in [4.78, 5) is 11.7. The molecule has 0 fully saturated rings. The van der Waals surface area contributed by atoms with Gasteiger partial charge in [0.05, 0.1) is 6.10 Å². The van der Waals surface area contributed by atoms with Gasteiger partial charge in [-0.05, 0) is 24.8 Å². The Bertz CT molecular complexity index is 378. The topological polar surface area (TPSA) is 49.3 Å². The molecule has 0 unspecified atom stereocenters. The van der Waals surface area contributed by atoms with Crippen LogP contribution in [0.3, 0.4) is 0 Å². The summed E-state index contributed by atoms with van der Waals surface area (Å²) in [5.41, 5.74) is 1.11. The Labute approximate surface area is 128 Å². The Morgan fingerprint density at radius 3 is 2.52 bits per heavy atom. The van der Waals surface area contributed by atoms with E-state index in [1.165, 1.54) is 19.3 Å². The molecule has 2 N–H and O–H groups in total. The predicted octanol–water partition coefficient (Wildman–Crippen LogP) is 3.80. The van der Waals surface area contributed by atoms with Gasteiger partial charge < -0.3 is 10.4 Å². The van der Waals surface area contributed by atoms with Crippen molar-refractivity contribution < 1.29 is 9.90 Å². The molecule has 0 spiro atoms. The van der Waals surface area contributed by atoms with E-state index in [1.807, 2.05) is 30.3 Å². The van der Waals surface area contributed by atoms with Crippen molar-refractivity contribution in [3.63, 3.8) is 0 Å². The standard InChI is InChI=1S/C18H29NO2/c1-2-3-4-8-12-17(20)13-9-14-18(21)19-15-16-10-6-5-7-11-16/h5-7,10-11,17,20H,2-4,8-9,12-15H2,1H3,(H,19,21)/t17-/m1/s1. The number of hydrogen-bond acceptors (Lipinski definition) is 2. The quantitative estimate of drug-likeness (QED) is 0.609. The predicted molar refractivity (Wildman–Crippen MR) is 86.9 cm³/mol. The maximum absolute atomic E-state index is 11.7. The van der Waals surface area contributed by atoms with Gasteiger partial charge in [0.15, 0.2) is 0 Å². The van der Waals surface area contributed by atoms with Crippen LogP contribution in [0.5, 0.6) is 0 Å². The van der Waals surface area contributed by atoms with E-state index in [0.717, 1.165) is 31.2 Å². The summed E-state index contributed by atoms with van der Waals surface area (Å²) in [5, 5.41) is 12.7. The van der Waals surface area contributed by atoms with E-state index in [4.69, 9.17) is 0 Å². The third kappa shape index (κ3) is 9.24. The fourth-order valence-electron chi connectivity index (χ4n) is 2.33. The maximum Gasteiger partial charge on any atom is 0.220 e. The smallest absolute Gasteiger partial charge is 0.220 e. The molecule has 21 heavy (non-hydrogen) atoms. The number of benzene rings is 1. The first-order valence-corrected chi connectivity index (χ1v) is 8.21. The first-order chi connectivity index (χ1) is 10.2. The zero-order valence-corrected chi connectivity index (χ0v) is 13.2. The first kappa shape index (κ1) is 17.7. The molecule has 0 heterocycles. The van der Waals surface area contributed by atoms with Crippen molar-refractivity contribution in [2.75, 3.05) is 0 Å². The molecular weight excluding hydrogens is 262 g/mol. The minimum atomic E-state index is -0.247. The summed E-state index contributed by atoms with van der Waals surface area (Å²) in [6, 6.07) is 9.90. The summed E-state index contributed by atoms with van der Waals surface area (Å²) < 4.78 is 0. The minimum absolute atomic E-state index is 0.0667. The van der Waals surface area contributed by atoms with E-state index in [2.05, 4.69) is 12.2 Å². The zero-order valence-electron chi connectivity index (χ0n) is 13.2. The van der Waals surface area contributed by atoms with Gasteiger partial charge in [-0.25, -0.2) is 0 Å². The average molecular weight is 291 g/mol. The van der Waals surface area contributed by atoms with Crippen molar-refractivity contribution >= 4 is 5.91 Å². The number of carbonyl (C=O) groups excluding carboxylic acids is 1. The van der Waals surface area contributed by atoms with Crippen LogP contribution < -0.4 is 5.32 Å². The second kappa shape index (κ2) is 11.3. The van der Waals surface area contributed by atoms with Crippen LogP contribution in [0.15, 0.2) is 30.3 Å². The highest BCUT2D eigenvalue weighted by molar-refractivity contribution is 5.75. The average Bonchev–Trinajstić information content (AvgIpc) is 2.50. The van der Waals surface area contributed by atoms with Gasteiger partial charge in [-0.2, -0.15) is 0 Å². The van der Waals surface area contributed by atoms with E-state index in [0.29, 0.717) is 13.0 Å². The van der Waals surface area contributed by atoms with Gasteiger partial charge >= 0.3 is 0 Å². The molecule has 0 aliphatic carbocycles. The van der Waals surface area contributed by atoms with E-state index in [-0.39, 0.29) is 12.0 Å². The molecule has 1 amide bonds. The van der Waals surface area contributed by atoms with Crippen LogP contribution in [0.25, 0.3) is 0 Å². The number of nitrogens with one attached hydrogen (secondary N) is 1. The fourth-order valence-corrected chi connectivity index (χ4v) is 2.33. The number of unbranched alkanes of at least 4 members (excludes halogenated alkanes) is 3. The molecule has 1 atom stereocenters. The van der Waals surface area contributed by atoms with Gasteiger partial charge in [-0.1, -0.05) is 62.9 Å². The lowest BCUT2D eigenvalue weighted by Crippen LogP contribution is -2.22. The molecule has 0 radical (unpaired) electrons. The number of rotatable bonds is 11. The van der Waals surface area contributed by atoms with E-state index < -0.39 is 0 Å². The Morgan fingerprint density at radius 2 is 1.81 bits per heavy atom. The monoisotopic (exact) mass is 291 g/mol. The van der Waals surface area contributed by atoms with Gasteiger partial charge in [0.25, 0.3) is 0 Å². The van der Waals surface area contributed by atoms with Crippen LogP contribution in [0, 0.1) is 0 Å². The largest absolute Gasteiger partial charge is 0.393 e. The van der Waals surface area contributed by atoms with Crippen molar-refractivity contribution in [1.29, 1.82) is 0 Å². The normalized spacial score (nSPS) is 12.1. The number of hydrogen-bond donors (Lipinski definition) is 2. The van der Waals surface area contributed by atoms with Crippen molar-refractivity contribution in [2.45, 2.75) is 70.9 Å². The molecule has 3 nitrogen and oxygen atoms in total. The third-order valence-corrected chi connectivity index (χ3v) is 3.66. The second-order valence-electron chi connectivity index (χ2n) is 5.66. The Morgan fingerprint density at radius 1 is 1.10 bits per heavy atom. The summed E-state index contributed by atoms with van der Waals surface area (Å²) in [6.07, 6.45) is 7.36. The number of aliphatic hydroxyl groups is 1. The molecule has 1 aromatic carbocycles. The van der Waals surface area contributed by atoms with E-state index >= 15 is 0 Å². The fraction of sp³-hybridized carbons (Fsp3) is 0.611. The Kier molecular flexibility index (Phi) is 9.55. The second-order valence-corrected chi connectivity index (χ2v) is 5.66. The lowest BCUT2D eigenvalue weighted by molar-refractivity contribution is -0.121. The van der Waals surface area contributed by atoms with Crippen LogP contribution in [0.2, 0.25) is 0 Å². The third-order valence-electron chi connectivity index (χ3n) is 3.66. The highest BCUT2D eigenvalue weighted by Crippen LogP contribution is 2.10. The minimum Gasteiger partial charge on any atom is -0.393 e. The van der Waals surface area contributed by atoms with Gasteiger partial charge in [0, 0.05) is 13.0 Å². The van der Waals surface area contributed by atoms with Gasteiger partial charge in [-0.3, -0.25) is 4.79 Å². The number of amides is 1. The molecule has 0 aliphatic heterocycles. The lowest BCUT2D eigenvalue weighted by Gasteiger charge is -2.10. The van der Waals surface area contributed by atoms with Crippen LogP contribution in [0.4, 0.5) is 0 Å². The molecule has 0 aliphatic rings.